The molecule has 0 aliphatic heterocycles. The number of hydrogen-bond acceptors (Lipinski definition) is 5. The van der Waals surface area contributed by atoms with Crippen LogP contribution in [0.1, 0.15) is 13.3 Å². The van der Waals surface area contributed by atoms with Gasteiger partial charge in [0.2, 0.25) is 0 Å². The van der Waals surface area contributed by atoms with Crippen molar-refractivity contribution >= 4 is 14.9 Å². The summed E-state index contributed by atoms with van der Waals surface area (Å²) in [6, 6.07) is 0. The smallest absolute Gasteiger partial charge is 0.453 e. The van der Waals surface area contributed by atoms with Gasteiger partial charge in [0.25, 0.3) is 0 Å². The van der Waals surface area contributed by atoms with E-state index in [2.05, 4.69) is 10.0 Å². The van der Waals surface area contributed by atoms with Crippen molar-refractivity contribution < 1.29 is 22.8 Å². The highest BCUT2D eigenvalue weighted by molar-refractivity contribution is 6.62. The summed E-state index contributed by atoms with van der Waals surface area (Å²) in [6.07, 6.45) is -0.605. The van der Waals surface area contributed by atoms with E-state index in [-0.39, 0.29) is 0 Å². The Morgan fingerprint density at radius 2 is 1.88 bits per heavy atom. The van der Waals surface area contributed by atoms with Gasteiger partial charge in [-0.05, 0) is 12.0 Å². The Balaban J connectivity index is 4.80. The number of hydrogen-bond donors (Lipinski definition) is 0. The Kier molecular flexibility index (Phi) is 6.69. The van der Waals surface area contributed by atoms with Crippen molar-refractivity contribution in [2.75, 3.05) is 21.3 Å². The summed E-state index contributed by atoms with van der Waals surface area (Å²) in [6.45, 7) is 1.77. The number of rotatable bonds is 6. The third kappa shape index (κ3) is 3.47. The van der Waals surface area contributed by atoms with Gasteiger partial charge in [0.1, 0.15) is 0 Å². The third-order valence-corrected chi connectivity index (χ3v) is 5.01. The normalized spacial score (nSPS) is 12.8. The van der Waals surface area contributed by atoms with Crippen molar-refractivity contribution in [1.82, 2.24) is 0 Å². The van der Waals surface area contributed by atoms with Crippen LogP contribution in [-0.4, -0.2) is 42.0 Å². The van der Waals surface area contributed by atoms with Gasteiger partial charge in [-0.3, -0.25) is 0 Å². The number of nitrogens with zero attached hydrogens (tertiary/aromatic N) is 3. The molecular weight excluding hydrogens is 234 g/mol. The van der Waals surface area contributed by atoms with Crippen molar-refractivity contribution in [3.05, 3.63) is 10.4 Å². The summed E-state index contributed by atoms with van der Waals surface area (Å²) in [5, 5.41) is 2.80. The maximum Gasteiger partial charge on any atom is 0.543 e. The molecule has 92 valence electrons. The fraction of sp³-hybridized carbons (Fsp3) is 0.857. The van der Waals surface area contributed by atoms with Crippen LogP contribution in [-0.2, 0) is 18.0 Å². The second-order valence-corrected chi connectivity index (χ2v) is 5.76. The topological polar surface area (TPSA) is 103 Å². The zero-order chi connectivity index (χ0) is 12.6. The molecule has 0 fully saturated rings. The molecule has 0 aromatic heterocycles. The third-order valence-electron chi connectivity index (χ3n) is 1.99. The van der Waals surface area contributed by atoms with E-state index in [0.29, 0.717) is 6.42 Å². The molecule has 0 bridgehead atoms. The Morgan fingerprint density at radius 1 is 1.38 bits per heavy atom. The predicted octanol–water partition coefficient (Wildman–Crippen LogP) is 1.63. The lowest BCUT2D eigenvalue weighted by molar-refractivity contribution is 0.0444. The summed E-state index contributed by atoms with van der Waals surface area (Å²) >= 11 is 0. The van der Waals surface area contributed by atoms with E-state index >= 15 is 0 Å². The molecule has 1 unspecified atom stereocenters. The number of carbonyl (C=O) groups excluding carboxylic acids is 1. The molecule has 0 aromatic rings. The molecule has 9 heteroatoms. The summed E-state index contributed by atoms with van der Waals surface area (Å²) in [5.41, 5.74) is 7.37. The van der Waals surface area contributed by atoms with Crippen LogP contribution in [0, 0.1) is 0 Å². The van der Waals surface area contributed by atoms with E-state index in [4.69, 9.17) is 23.5 Å². The highest BCUT2D eigenvalue weighted by atomic mass is 28.4. The number of azide groups is 1. The molecule has 0 saturated carbocycles. The first-order valence-electron chi connectivity index (χ1n) is 4.51. The van der Waals surface area contributed by atoms with Crippen LogP contribution in [0.15, 0.2) is 5.11 Å². The minimum Gasteiger partial charge on any atom is -0.453 e. The maximum atomic E-state index is 11.0. The van der Waals surface area contributed by atoms with Gasteiger partial charge < -0.3 is 18.0 Å². The van der Waals surface area contributed by atoms with Crippen molar-refractivity contribution in [2.24, 2.45) is 5.11 Å². The average molecular weight is 249 g/mol. The predicted molar refractivity (Wildman–Crippen MR) is 56.5 cm³/mol. The molecule has 16 heavy (non-hydrogen) atoms. The molecule has 0 saturated heterocycles. The quantitative estimate of drug-likeness (QED) is 0.308. The van der Waals surface area contributed by atoms with Gasteiger partial charge in [0, 0.05) is 31.4 Å². The van der Waals surface area contributed by atoms with Crippen molar-refractivity contribution in [3.63, 3.8) is 0 Å². The van der Waals surface area contributed by atoms with Crippen molar-refractivity contribution in [1.29, 1.82) is 0 Å². The van der Waals surface area contributed by atoms with Crippen LogP contribution < -0.4 is 0 Å². The first-order valence-corrected chi connectivity index (χ1v) is 6.31. The van der Waals surface area contributed by atoms with Gasteiger partial charge in [-0.1, -0.05) is 6.92 Å². The largest absolute Gasteiger partial charge is 0.543 e. The first kappa shape index (κ1) is 14.9. The Morgan fingerprint density at radius 3 is 2.19 bits per heavy atom. The lowest BCUT2D eigenvalue weighted by Gasteiger charge is -2.30. The molecule has 0 rings (SSSR count). The minimum absolute atomic E-state index is 0.425. The SMILES string of the molecule is CCC(OC(=O)N=[N+]=[N-])[Si](OC)(OC)OC. The Bertz CT molecular complexity index is 269. The summed E-state index contributed by atoms with van der Waals surface area (Å²) in [4.78, 5) is 13.3. The second-order valence-electron chi connectivity index (χ2n) is 2.69. The maximum absolute atomic E-state index is 11.0. The zero-order valence-electron chi connectivity index (χ0n) is 9.67. The van der Waals surface area contributed by atoms with E-state index < -0.39 is 20.6 Å². The lowest BCUT2D eigenvalue weighted by atomic mass is 10.5. The average Bonchev–Trinajstić information content (AvgIpc) is 2.30. The highest BCUT2D eigenvalue weighted by Gasteiger charge is 2.49. The molecule has 0 N–H and O–H groups in total. The standard InChI is InChI=1S/C7H15N3O5Si/c1-5-6(15-7(11)9-10-8)16(12-2,13-3)14-4/h6H,5H2,1-4H3. The molecular formula is C7H15N3O5Si. The molecule has 8 nitrogen and oxygen atoms in total. The monoisotopic (exact) mass is 249 g/mol. The van der Waals surface area contributed by atoms with Crippen LogP contribution in [0.2, 0.25) is 0 Å². The van der Waals surface area contributed by atoms with Crippen LogP contribution in [0.5, 0.6) is 0 Å². The van der Waals surface area contributed by atoms with Gasteiger partial charge in [-0.15, -0.1) is 0 Å². The van der Waals surface area contributed by atoms with Crippen LogP contribution in [0.4, 0.5) is 4.79 Å². The molecule has 1 amide bonds. The molecule has 0 aliphatic carbocycles. The van der Waals surface area contributed by atoms with Crippen molar-refractivity contribution in [3.8, 4) is 0 Å². The summed E-state index contributed by atoms with van der Waals surface area (Å²) in [5.74, 6) is 0. The van der Waals surface area contributed by atoms with Gasteiger partial charge in [0.15, 0.2) is 5.73 Å². The molecule has 0 radical (unpaired) electrons. The first-order chi connectivity index (χ1) is 7.60. The lowest BCUT2D eigenvalue weighted by Crippen LogP contribution is -2.55. The Hall–Kier alpha value is -1.12. The van der Waals surface area contributed by atoms with Crippen LogP contribution in [0.3, 0.4) is 0 Å². The molecule has 1 atom stereocenters. The van der Waals surface area contributed by atoms with Gasteiger partial charge in [-0.2, -0.15) is 0 Å². The summed E-state index contributed by atoms with van der Waals surface area (Å²) < 4.78 is 20.4. The van der Waals surface area contributed by atoms with Crippen LogP contribution in [0.25, 0.3) is 10.4 Å². The molecule has 0 heterocycles. The number of ether oxygens (including phenoxy) is 1. The minimum atomic E-state index is -3.06. The van der Waals surface area contributed by atoms with E-state index in [1.54, 1.807) is 6.92 Å². The number of amides is 1. The van der Waals surface area contributed by atoms with E-state index in [1.165, 1.54) is 21.3 Å². The van der Waals surface area contributed by atoms with Gasteiger partial charge in [-0.25, -0.2) is 4.79 Å². The molecule has 0 spiro atoms. The summed E-state index contributed by atoms with van der Waals surface area (Å²) in [7, 11) is 1.15. The fourth-order valence-electron chi connectivity index (χ4n) is 1.23. The highest BCUT2D eigenvalue weighted by Crippen LogP contribution is 2.18. The van der Waals surface area contributed by atoms with E-state index in [0.717, 1.165) is 0 Å². The van der Waals surface area contributed by atoms with Gasteiger partial charge >= 0.3 is 14.9 Å². The fourth-order valence-corrected chi connectivity index (χ4v) is 3.27. The van der Waals surface area contributed by atoms with E-state index in [1.807, 2.05) is 0 Å². The van der Waals surface area contributed by atoms with E-state index in [9.17, 15) is 4.79 Å². The zero-order valence-corrected chi connectivity index (χ0v) is 10.7. The van der Waals surface area contributed by atoms with Crippen molar-refractivity contribution in [2.45, 2.75) is 19.1 Å². The van der Waals surface area contributed by atoms with Gasteiger partial charge in [0.05, 0.1) is 0 Å². The second kappa shape index (κ2) is 7.20. The Labute approximate surface area is 94.4 Å². The number of carbonyl (C=O) groups is 1. The molecule has 0 aliphatic rings. The van der Waals surface area contributed by atoms with Crippen LogP contribution >= 0.6 is 0 Å². The molecule has 0 aromatic carbocycles.